The van der Waals surface area contributed by atoms with Gasteiger partial charge in [-0.05, 0) is 42.5 Å². The molecule has 0 saturated heterocycles. The van der Waals surface area contributed by atoms with Crippen LogP contribution in [0.3, 0.4) is 0 Å². The van der Waals surface area contributed by atoms with Gasteiger partial charge < -0.3 is 4.74 Å². The molecule has 2 rings (SSSR count). The third-order valence-electron chi connectivity index (χ3n) is 2.51. The second kappa shape index (κ2) is 5.19. The predicted molar refractivity (Wildman–Crippen MR) is 67.8 cm³/mol. The van der Waals surface area contributed by atoms with Crippen molar-refractivity contribution in [1.29, 1.82) is 0 Å². The van der Waals surface area contributed by atoms with Gasteiger partial charge in [-0.1, -0.05) is 11.6 Å². The molecule has 0 aromatic heterocycles. The molecule has 0 saturated carbocycles. The van der Waals surface area contributed by atoms with Crippen molar-refractivity contribution in [3.8, 4) is 5.75 Å². The highest BCUT2D eigenvalue weighted by Gasteiger charge is 2.14. The molecule has 0 atom stereocenters. The van der Waals surface area contributed by atoms with Gasteiger partial charge in [0.05, 0.1) is 12.7 Å². The van der Waals surface area contributed by atoms with Crippen LogP contribution in [0.1, 0.15) is 15.9 Å². The Hall–Kier alpha value is -1.87. The largest absolute Gasteiger partial charge is 0.496 e. The fourth-order valence-corrected chi connectivity index (χ4v) is 1.77. The van der Waals surface area contributed by atoms with Crippen LogP contribution in [0.25, 0.3) is 0 Å². The van der Waals surface area contributed by atoms with E-state index in [2.05, 4.69) is 0 Å². The lowest BCUT2D eigenvalue weighted by Gasteiger charge is -2.08. The van der Waals surface area contributed by atoms with E-state index >= 15 is 0 Å². The summed E-state index contributed by atoms with van der Waals surface area (Å²) in [4.78, 5) is 12.2. The molecule has 2 aromatic carbocycles. The third kappa shape index (κ3) is 2.51. The molecule has 0 heterocycles. The number of ketones is 1. The summed E-state index contributed by atoms with van der Waals surface area (Å²) < 4.78 is 17.9. The van der Waals surface area contributed by atoms with Crippen LogP contribution in [0.15, 0.2) is 42.5 Å². The first-order valence-electron chi connectivity index (χ1n) is 5.25. The number of halogens is 2. The summed E-state index contributed by atoms with van der Waals surface area (Å²) in [7, 11) is 1.47. The fourth-order valence-electron chi connectivity index (χ4n) is 1.61. The highest BCUT2D eigenvalue weighted by molar-refractivity contribution is 6.31. The van der Waals surface area contributed by atoms with E-state index < -0.39 is 0 Å². The molecule has 0 aliphatic heterocycles. The van der Waals surface area contributed by atoms with E-state index in [9.17, 15) is 9.18 Å². The number of ether oxygens (including phenoxy) is 1. The summed E-state index contributed by atoms with van der Waals surface area (Å²) in [6.45, 7) is 0. The van der Waals surface area contributed by atoms with Gasteiger partial charge in [-0.2, -0.15) is 0 Å². The van der Waals surface area contributed by atoms with Gasteiger partial charge in [-0.15, -0.1) is 0 Å². The Kier molecular flexibility index (Phi) is 3.63. The molecular weight excluding hydrogens is 255 g/mol. The van der Waals surface area contributed by atoms with Gasteiger partial charge in [0.1, 0.15) is 11.6 Å². The lowest BCUT2D eigenvalue weighted by molar-refractivity contribution is 0.103. The lowest BCUT2D eigenvalue weighted by atomic mass is 10.0. The maximum atomic E-state index is 12.8. The number of carbonyl (C=O) groups excluding carboxylic acids is 1. The van der Waals surface area contributed by atoms with E-state index in [0.717, 1.165) is 0 Å². The van der Waals surface area contributed by atoms with E-state index in [4.69, 9.17) is 16.3 Å². The minimum atomic E-state index is -0.380. The summed E-state index contributed by atoms with van der Waals surface area (Å²) in [5, 5.41) is 0.488. The number of hydrogen-bond donors (Lipinski definition) is 0. The van der Waals surface area contributed by atoms with Crippen LogP contribution in [0, 0.1) is 5.82 Å². The molecule has 0 amide bonds. The van der Waals surface area contributed by atoms with Crippen molar-refractivity contribution in [1.82, 2.24) is 0 Å². The average Bonchev–Trinajstić information content (AvgIpc) is 2.38. The minimum Gasteiger partial charge on any atom is -0.496 e. The normalized spacial score (nSPS) is 10.2. The number of hydrogen-bond acceptors (Lipinski definition) is 2. The number of methoxy groups -OCH3 is 1. The van der Waals surface area contributed by atoms with Gasteiger partial charge in [-0.25, -0.2) is 4.39 Å². The van der Waals surface area contributed by atoms with Crippen LogP contribution >= 0.6 is 11.6 Å². The Balaban J connectivity index is 2.42. The van der Waals surface area contributed by atoms with Crippen LogP contribution < -0.4 is 4.74 Å². The van der Waals surface area contributed by atoms with Gasteiger partial charge in [-0.3, -0.25) is 4.79 Å². The molecule has 0 spiro atoms. The predicted octanol–water partition coefficient (Wildman–Crippen LogP) is 3.72. The molecule has 0 N–H and O–H groups in total. The van der Waals surface area contributed by atoms with Gasteiger partial charge >= 0.3 is 0 Å². The molecule has 92 valence electrons. The van der Waals surface area contributed by atoms with Gasteiger partial charge in [0.25, 0.3) is 0 Å². The fraction of sp³-hybridized carbons (Fsp3) is 0.0714. The smallest absolute Gasteiger partial charge is 0.196 e. The standard InChI is InChI=1S/C14H10ClFO2/c1-18-13-8-10(15)4-7-12(13)14(17)9-2-5-11(16)6-3-9/h2-8H,1H3. The van der Waals surface area contributed by atoms with Gasteiger partial charge in [0.2, 0.25) is 0 Å². The molecule has 0 aliphatic rings. The quantitative estimate of drug-likeness (QED) is 0.790. The second-order valence-corrected chi connectivity index (χ2v) is 4.12. The summed E-state index contributed by atoms with van der Waals surface area (Å²) in [5.74, 6) is -0.213. The first-order valence-corrected chi connectivity index (χ1v) is 5.63. The highest BCUT2D eigenvalue weighted by Crippen LogP contribution is 2.25. The van der Waals surface area contributed by atoms with E-state index in [-0.39, 0.29) is 11.6 Å². The minimum absolute atomic E-state index is 0.233. The van der Waals surface area contributed by atoms with E-state index in [1.54, 1.807) is 18.2 Å². The van der Waals surface area contributed by atoms with Crippen LogP contribution in [-0.4, -0.2) is 12.9 Å². The Morgan fingerprint density at radius 2 is 1.83 bits per heavy atom. The van der Waals surface area contributed by atoms with E-state index in [1.807, 2.05) is 0 Å². The monoisotopic (exact) mass is 264 g/mol. The van der Waals surface area contributed by atoms with E-state index in [1.165, 1.54) is 31.4 Å². The topological polar surface area (TPSA) is 26.3 Å². The van der Waals surface area contributed by atoms with Crippen molar-refractivity contribution < 1.29 is 13.9 Å². The zero-order chi connectivity index (χ0) is 13.1. The summed E-state index contributed by atoms with van der Waals surface area (Å²) in [6.07, 6.45) is 0. The Bertz CT molecular complexity index is 579. The van der Waals surface area contributed by atoms with Crippen molar-refractivity contribution >= 4 is 17.4 Å². The molecule has 18 heavy (non-hydrogen) atoms. The number of carbonyl (C=O) groups is 1. The van der Waals surface area contributed by atoms with Crippen LogP contribution in [0.5, 0.6) is 5.75 Å². The maximum absolute atomic E-state index is 12.8. The molecule has 0 aliphatic carbocycles. The Morgan fingerprint density at radius 1 is 1.17 bits per heavy atom. The van der Waals surface area contributed by atoms with Crippen molar-refractivity contribution in [2.45, 2.75) is 0 Å². The second-order valence-electron chi connectivity index (χ2n) is 3.68. The zero-order valence-corrected chi connectivity index (χ0v) is 10.4. The average molecular weight is 265 g/mol. The molecule has 0 bridgehead atoms. The van der Waals surface area contributed by atoms with Crippen molar-refractivity contribution in [3.05, 3.63) is 64.4 Å². The van der Waals surface area contributed by atoms with Crippen molar-refractivity contribution in [2.75, 3.05) is 7.11 Å². The molecule has 4 heteroatoms. The molecule has 0 radical (unpaired) electrons. The third-order valence-corrected chi connectivity index (χ3v) is 2.75. The van der Waals surface area contributed by atoms with Crippen molar-refractivity contribution in [2.24, 2.45) is 0 Å². The first kappa shape index (κ1) is 12.6. The molecular formula is C14H10ClFO2. The summed E-state index contributed by atoms with van der Waals surface area (Å²) in [5.41, 5.74) is 0.797. The number of rotatable bonds is 3. The molecule has 0 fully saturated rings. The first-order chi connectivity index (χ1) is 8.61. The molecule has 0 unspecified atom stereocenters. The lowest BCUT2D eigenvalue weighted by Crippen LogP contribution is -2.03. The van der Waals surface area contributed by atoms with Gasteiger partial charge in [0, 0.05) is 10.6 Å². The number of benzene rings is 2. The SMILES string of the molecule is COc1cc(Cl)ccc1C(=O)c1ccc(F)cc1. The summed E-state index contributed by atoms with van der Waals surface area (Å²) >= 11 is 5.83. The van der Waals surface area contributed by atoms with Gasteiger partial charge in [0.15, 0.2) is 5.78 Å². The maximum Gasteiger partial charge on any atom is 0.196 e. The zero-order valence-electron chi connectivity index (χ0n) is 9.61. The Morgan fingerprint density at radius 3 is 2.44 bits per heavy atom. The van der Waals surface area contributed by atoms with Crippen LogP contribution in [0.4, 0.5) is 4.39 Å². The highest BCUT2D eigenvalue weighted by atomic mass is 35.5. The van der Waals surface area contributed by atoms with Crippen LogP contribution in [-0.2, 0) is 0 Å². The molecule has 2 aromatic rings. The Labute approximate surface area is 109 Å². The molecule has 2 nitrogen and oxygen atoms in total. The van der Waals surface area contributed by atoms with Crippen molar-refractivity contribution in [3.63, 3.8) is 0 Å². The summed E-state index contributed by atoms with van der Waals surface area (Å²) in [6, 6.07) is 10.1. The van der Waals surface area contributed by atoms with Crippen LogP contribution in [0.2, 0.25) is 5.02 Å². The van der Waals surface area contributed by atoms with E-state index in [0.29, 0.717) is 21.9 Å².